The number of nitrogens with two attached hydrogens (primary N) is 3. The van der Waals surface area contributed by atoms with Gasteiger partial charge in [0.1, 0.15) is 48.3 Å². The van der Waals surface area contributed by atoms with Crippen LogP contribution in [0.2, 0.25) is 0 Å². The number of aliphatic imine (C=N–C) groups is 1. The predicted octanol–water partition coefficient (Wildman–Crippen LogP) is -5.38. The minimum atomic E-state index is -1.73. The average Bonchev–Trinajstić information content (AvgIpc) is 4.18. The van der Waals surface area contributed by atoms with Crippen molar-refractivity contribution >= 4 is 65.1 Å². The van der Waals surface area contributed by atoms with E-state index in [1.165, 1.54) is 28.5 Å². The third-order valence-electron chi connectivity index (χ3n) is 13.4. The van der Waals surface area contributed by atoms with Crippen LogP contribution in [0.5, 0.6) is 0 Å². The lowest BCUT2D eigenvalue weighted by atomic mass is 9.99. The molecule has 27 heteroatoms. The summed E-state index contributed by atoms with van der Waals surface area (Å²) in [6.45, 7) is 4.86. The summed E-state index contributed by atoms with van der Waals surface area (Å²) in [5, 5.41) is 55.2. The normalized spacial score (nSPS) is 20.5. The van der Waals surface area contributed by atoms with E-state index in [-0.39, 0.29) is 77.2 Å². The zero-order valence-corrected chi connectivity index (χ0v) is 42.8. The summed E-state index contributed by atoms with van der Waals surface area (Å²) in [6, 6.07) is -3.64. The van der Waals surface area contributed by atoms with E-state index in [0.29, 0.717) is 24.8 Å². The first-order valence-corrected chi connectivity index (χ1v) is 25.2. The Bertz CT molecular complexity index is 2230. The van der Waals surface area contributed by atoms with Crippen LogP contribution in [-0.4, -0.2) is 206 Å². The smallest absolute Gasteiger partial charge is 0.328 e. The van der Waals surface area contributed by atoms with Crippen LogP contribution in [0.4, 0.5) is 0 Å². The number of aliphatic hydroxyl groups is 3. The maximum absolute atomic E-state index is 14.6. The monoisotopic (exact) mass is 1060 g/mol. The van der Waals surface area contributed by atoms with E-state index in [1.807, 2.05) is 0 Å². The molecule has 9 amide bonds. The number of hydrogen-bond acceptors (Lipinski definition) is 15. The van der Waals surface area contributed by atoms with Crippen molar-refractivity contribution in [2.75, 3.05) is 39.3 Å². The molecular formula is C48H75N13O14. The molecule has 416 valence electrons. The molecule has 3 fully saturated rings. The zero-order valence-electron chi connectivity index (χ0n) is 42.8. The minimum Gasteiger partial charge on any atom is -0.480 e. The first-order valence-electron chi connectivity index (χ1n) is 25.2. The Morgan fingerprint density at radius 1 is 0.640 bits per heavy atom. The molecule has 4 rings (SSSR count). The van der Waals surface area contributed by atoms with E-state index in [2.05, 4.69) is 36.9 Å². The van der Waals surface area contributed by atoms with Crippen LogP contribution in [0.3, 0.4) is 0 Å². The van der Waals surface area contributed by atoms with Gasteiger partial charge in [-0.3, -0.25) is 48.1 Å². The fourth-order valence-corrected chi connectivity index (χ4v) is 9.33. The van der Waals surface area contributed by atoms with Gasteiger partial charge in [0.05, 0.1) is 25.4 Å². The van der Waals surface area contributed by atoms with Gasteiger partial charge in [0.25, 0.3) is 0 Å². The Balaban J connectivity index is 1.55. The summed E-state index contributed by atoms with van der Waals surface area (Å²) in [4.78, 5) is 143. The van der Waals surface area contributed by atoms with Gasteiger partial charge in [-0.2, -0.15) is 0 Å². The molecule has 75 heavy (non-hydrogen) atoms. The van der Waals surface area contributed by atoms with Gasteiger partial charge in [0.15, 0.2) is 12.0 Å². The van der Waals surface area contributed by atoms with Crippen molar-refractivity contribution < 1.29 is 68.4 Å². The number of carbonyl (C=O) groups is 10. The molecule has 0 spiro atoms. The number of likely N-dealkylation sites (tertiary alicyclic amines) is 3. The number of nitrogens with zero attached hydrogens (tertiary/aromatic N) is 4. The Morgan fingerprint density at radius 3 is 1.72 bits per heavy atom. The summed E-state index contributed by atoms with van der Waals surface area (Å²) in [6.07, 6.45) is -1.03. The topological polar surface area (TPSA) is 424 Å². The van der Waals surface area contributed by atoms with Crippen LogP contribution < -0.4 is 49.1 Å². The number of amides is 9. The number of guanidine groups is 1. The zero-order chi connectivity index (χ0) is 55.7. The SMILES string of the molecule is CC(C)[C@H](NC(=O)[C@@H](NC(=O)[C@H](CO)NC(=O)[C@@H]1CCCN1C(=O)CN)[C@@H](C)O)C(=O)N[C@@H](Cc1ccccc1)C(=O)N[C@@H](CCCN=C(N)N)C(=O)N1CCC[C@H]1C(=O)N1CCC[C@H]1C(=O)N[C@H](C(=O)O)[C@@H](C)O. The van der Waals surface area contributed by atoms with E-state index in [4.69, 9.17) is 17.2 Å². The molecule has 11 atom stereocenters. The Kier molecular flexibility index (Phi) is 23.1. The molecule has 0 radical (unpaired) electrons. The summed E-state index contributed by atoms with van der Waals surface area (Å²) >= 11 is 0. The van der Waals surface area contributed by atoms with Gasteiger partial charge in [0.2, 0.25) is 53.2 Å². The molecule has 1 aromatic carbocycles. The number of aliphatic hydroxyl groups excluding tert-OH is 3. The van der Waals surface area contributed by atoms with Crippen LogP contribution in [0, 0.1) is 5.92 Å². The lowest BCUT2D eigenvalue weighted by Gasteiger charge is -2.34. The molecule has 0 unspecified atom stereocenters. The van der Waals surface area contributed by atoms with Crippen molar-refractivity contribution in [1.82, 2.24) is 46.6 Å². The number of aliphatic carboxylic acids is 1. The summed E-state index contributed by atoms with van der Waals surface area (Å²) in [5.41, 5.74) is 17.2. The number of nitrogens with one attached hydrogen (secondary N) is 6. The Hall–Kier alpha value is -6.97. The summed E-state index contributed by atoms with van der Waals surface area (Å²) in [7, 11) is 0. The van der Waals surface area contributed by atoms with Crippen molar-refractivity contribution in [2.45, 2.75) is 152 Å². The highest BCUT2D eigenvalue weighted by molar-refractivity contribution is 5.99. The lowest BCUT2D eigenvalue weighted by Crippen LogP contribution is -2.63. The van der Waals surface area contributed by atoms with E-state index in [0.717, 1.165) is 0 Å². The highest BCUT2D eigenvalue weighted by Gasteiger charge is 2.45. The van der Waals surface area contributed by atoms with E-state index < -0.39 is 138 Å². The lowest BCUT2D eigenvalue weighted by molar-refractivity contribution is -0.149. The van der Waals surface area contributed by atoms with Gasteiger partial charge in [-0.05, 0) is 76.7 Å². The molecule has 0 aromatic heterocycles. The number of benzene rings is 1. The number of hydrogen-bond donors (Lipinski definition) is 13. The van der Waals surface area contributed by atoms with Gasteiger partial charge in [-0.1, -0.05) is 44.2 Å². The molecule has 3 aliphatic rings. The molecule has 3 saturated heterocycles. The molecule has 3 heterocycles. The van der Waals surface area contributed by atoms with Crippen molar-refractivity contribution in [3.8, 4) is 0 Å². The quantitative estimate of drug-likeness (QED) is 0.0234. The fraction of sp³-hybridized carbons (Fsp3) is 0.646. The fourth-order valence-electron chi connectivity index (χ4n) is 9.33. The maximum atomic E-state index is 14.6. The van der Waals surface area contributed by atoms with Crippen LogP contribution >= 0.6 is 0 Å². The number of carboxylic acids is 1. The van der Waals surface area contributed by atoms with Gasteiger partial charge in [-0.25, -0.2) is 4.79 Å². The maximum Gasteiger partial charge on any atom is 0.328 e. The summed E-state index contributed by atoms with van der Waals surface area (Å²) in [5.74, 6) is -9.38. The standard InChI is InChI=1S/C48H75N13O14/c1-25(2)36(56-44(71)37(26(3)63)57-40(67)31(24-62)55-41(68)32-15-9-19-59(32)35(65)23-49)43(70)54-30(22-28-12-6-5-7-13-28)39(66)53-29(14-8-18-52-48(50)51)45(72)61-21-11-17-34(61)46(73)60-20-10-16-33(60)42(69)58-38(27(4)64)47(74)75/h5-7,12-13,25-27,29-34,36-38,62-64H,8-11,14-24,49H2,1-4H3,(H,53,66)(H,54,70)(H,55,68)(H,56,71)(H,57,67)(H,58,69)(H,74,75)(H4,50,51,52)/t26-,27-,29+,30+,31+,32+,33+,34+,36+,37+,38+/m1/s1. The molecule has 27 nitrogen and oxygen atoms in total. The molecule has 16 N–H and O–H groups in total. The van der Waals surface area contributed by atoms with Gasteiger partial charge < -0.3 is 84.2 Å². The van der Waals surface area contributed by atoms with Crippen molar-refractivity contribution in [2.24, 2.45) is 28.1 Å². The van der Waals surface area contributed by atoms with E-state index in [1.54, 1.807) is 44.2 Å². The predicted molar refractivity (Wildman–Crippen MR) is 268 cm³/mol. The molecule has 3 aliphatic heterocycles. The average molecular weight is 1060 g/mol. The third-order valence-corrected chi connectivity index (χ3v) is 13.4. The van der Waals surface area contributed by atoms with Crippen LogP contribution in [0.25, 0.3) is 0 Å². The molecule has 0 saturated carbocycles. The second-order valence-electron chi connectivity index (χ2n) is 19.4. The molecular weight excluding hydrogens is 983 g/mol. The van der Waals surface area contributed by atoms with Gasteiger partial charge >= 0.3 is 5.97 Å². The number of rotatable bonds is 26. The molecule has 1 aromatic rings. The minimum absolute atomic E-state index is 0.0413. The Labute approximate surface area is 434 Å². The second kappa shape index (κ2) is 28.6. The van der Waals surface area contributed by atoms with E-state index in [9.17, 15) is 68.4 Å². The highest BCUT2D eigenvalue weighted by Crippen LogP contribution is 2.27. The third kappa shape index (κ3) is 16.8. The second-order valence-corrected chi connectivity index (χ2v) is 19.4. The number of carboxylic acid groups (broad SMARTS) is 1. The van der Waals surface area contributed by atoms with Crippen LogP contribution in [-0.2, 0) is 54.4 Å². The van der Waals surface area contributed by atoms with Gasteiger partial charge in [-0.15, -0.1) is 0 Å². The summed E-state index contributed by atoms with van der Waals surface area (Å²) < 4.78 is 0. The molecule has 0 aliphatic carbocycles. The van der Waals surface area contributed by atoms with Crippen molar-refractivity contribution in [3.63, 3.8) is 0 Å². The van der Waals surface area contributed by atoms with E-state index >= 15 is 0 Å². The largest absolute Gasteiger partial charge is 0.480 e. The highest BCUT2D eigenvalue weighted by atomic mass is 16.4. The van der Waals surface area contributed by atoms with Crippen molar-refractivity contribution in [1.29, 1.82) is 0 Å². The van der Waals surface area contributed by atoms with Crippen LogP contribution in [0.1, 0.15) is 84.6 Å². The molecule has 0 bridgehead atoms. The van der Waals surface area contributed by atoms with Crippen molar-refractivity contribution in [3.05, 3.63) is 35.9 Å². The van der Waals surface area contributed by atoms with Gasteiger partial charge in [0, 0.05) is 32.6 Å². The first kappa shape index (κ1) is 60.6. The first-order chi connectivity index (χ1) is 35.5. The number of carbonyl (C=O) groups excluding carboxylic acids is 9. The van der Waals surface area contributed by atoms with Crippen LogP contribution in [0.15, 0.2) is 35.3 Å². The Morgan fingerprint density at radius 2 is 1.16 bits per heavy atom.